The molecule has 0 aromatic heterocycles. The third-order valence-corrected chi connectivity index (χ3v) is 8.06. The molecule has 0 bridgehead atoms. The SMILES string of the molecule is CC1NCCCC1c1cc(C2CCNC(c3ccccc3C(C)(C)C)C2)ccc1C(C)(C)C. The van der Waals surface area contributed by atoms with Crippen LogP contribution in [0.5, 0.6) is 0 Å². The number of piperidine rings is 2. The molecule has 2 heteroatoms. The first-order chi connectivity index (χ1) is 15.6. The Labute approximate surface area is 203 Å². The minimum Gasteiger partial charge on any atom is -0.314 e. The lowest BCUT2D eigenvalue weighted by atomic mass is 9.73. The number of hydrogen-bond donors (Lipinski definition) is 2. The molecule has 2 saturated heterocycles. The van der Waals surface area contributed by atoms with E-state index in [1.165, 1.54) is 42.4 Å². The maximum absolute atomic E-state index is 3.86. The van der Waals surface area contributed by atoms with Gasteiger partial charge >= 0.3 is 0 Å². The Morgan fingerprint density at radius 2 is 1.45 bits per heavy atom. The molecular formula is C31H46N2. The van der Waals surface area contributed by atoms with Crippen LogP contribution in [0.2, 0.25) is 0 Å². The number of hydrogen-bond acceptors (Lipinski definition) is 2. The molecule has 0 radical (unpaired) electrons. The van der Waals surface area contributed by atoms with Gasteiger partial charge in [-0.2, -0.15) is 0 Å². The van der Waals surface area contributed by atoms with E-state index in [9.17, 15) is 0 Å². The van der Waals surface area contributed by atoms with Gasteiger partial charge in [-0.1, -0.05) is 84.0 Å². The normalized spacial score (nSPS) is 26.9. The van der Waals surface area contributed by atoms with E-state index >= 15 is 0 Å². The van der Waals surface area contributed by atoms with E-state index in [1.807, 2.05) is 0 Å². The number of rotatable bonds is 3. The monoisotopic (exact) mass is 446 g/mol. The predicted molar refractivity (Wildman–Crippen MR) is 142 cm³/mol. The first-order valence-electron chi connectivity index (χ1n) is 13.3. The number of benzene rings is 2. The van der Waals surface area contributed by atoms with Gasteiger partial charge in [-0.3, -0.25) is 0 Å². The van der Waals surface area contributed by atoms with Crippen molar-refractivity contribution in [2.24, 2.45) is 0 Å². The zero-order chi connectivity index (χ0) is 23.8. The summed E-state index contributed by atoms with van der Waals surface area (Å²) < 4.78 is 0. The van der Waals surface area contributed by atoms with E-state index in [2.05, 4.69) is 102 Å². The molecule has 2 heterocycles. The highest BCUT2D eigenvalue weighted by Gasteiger charge is 2.31. The standard InChI is InChI=1S/C31H46N2/c1-21-24(12-10-17-32-21)26-19-22(14-15-28(26)31(5,6)7)23-16-18-33-29(20-23)25-11-8-9-13-27(25)30(2,3)4/h8-9,11,13-15,19,21,23-24,29,32-33H,10,12,16-18,20H2,1-7H3. The summed E-state index contributed by atoms with van der Waals surface area (Å²) in [5, 5.41) is 7.61. The van der Waals surface area contributed by atoms with Crippen LogP contribution < -0.4 is 10.6 Å². The van der Waals surface area contributed by atoms with Crippen molar-refractivity contribution in [2.75, 3.05) is 13.1 Å². The van der Waals surface area contributed by atoms with Crippen LogP contribution in [0.4, 0.5) is 0 Å². The molecule has 0 aliphatic carbocycles. The van der Waals surface area contributed by atoms with Crippen LogP contribution in [0.3, 0.4) is 0 Å². The zero-order valence-electron chi connectivity index (χ0n) is 22.1. The third-order valence-electron chi connectivity index (χ3n) is 8.06. The van der Waals surface area contributed by atoms with E-state index < -0.39 is 0 Å². The summed E-state index contributed by atoms with van der Waals surface area (Å²) in [7, 11) is 0. The second-order valence-electron chi connectivity index (χ2n) is 12.7. The molecule has 2 aromatic carbocycles. The van der Waals surface area contributed by atoms with Gasteiger partial charge < -0.3 is 10.6 Å². The van der Waals surface area contributed by atoms with Gasteiger partial charge in [0.2, 0.25) is 0 Å². The molecule has 0 saturated carbocycles. The summed E-state index contributed by atoms with van der Waals surface area (Å²) in [4.78, 5) is 0. The van der Waals surface area contributed by atoms with Gasteiger partial charge in [0.1, 0.15) is 0 Å². The summed E-state index contributed by atoms with van der Waals surface area (Å²) in [5.74, 6) is 1.23. The molecular weight excluding hydrogens is 400 g/mol. The molecule has 4 unspecified atom stereocenters. The maximum atomic E-state index is 3.86. The van der Waals surface area contributed by atoms with Gasteiger partial charge in [-0.15, -0.1) is 0 Å². The topological polar surface area (TPSA) is 24.1 Å². The molecule has 2 aliphatic rings. The minimum atomic E-state index is 0.164. The van der Waals surface area contributed by atoms with Crippen molar-refractivity contribution in [1.29, 1.82) is 0 Å². The minimum absolute atomic E-state index is 0.164. The molecule has 0 spiro atoms. The Kier molecular flexibility index (Phi) is 7.08. The van der Waals surface area contributed by atoms with E-state index in [1.54, 1.807) is 11.1 Å². The maximum Gasteiger partial charge on any atom is 0.0329 e. The fourth-order valence-corrected chi connectivity index (χ4v) is 6.23. The van der Waals surface area contributed by atoms with Gasteiger partial charge in [0.15, 0.2) is 0 Å². The van der Waals surface area contributed by atoms with Crippen LogP contribution in [0.15, 0.2) is 42.5 Å². The summed E-state index contributed by atoms with van der Waals surface area (Å²) >= 11 is 0. The van der Waals surface area contributed by atoms with Crippen molar-refractivity contribution in [1.82, 2.24) is 10.6 Å². The third kappa shape index (κ3) is 5.38. The highest BCUT2D eigenvalue weighted by atomic mass is 14.9. The van der Waals surface area contributed by atoms with Crippen LogP contribution in [0, 0.1) is 0 Å². The molecule has 2 nitrogen and oxygen atoms in total. The first kappa shape index (κ1) is 24.5. The summed E-state index contributed by atoms with van der Waals surface area (Å²) in [5.41, 5.74) is 8.00. The molecule has 2 N–H and O–H groups in total. The first-order valence-corrected chi connectivity index (χ1v) is 13.3. The second kappa shape index (κ2) is 9.55. The van der Waals surface area contributed by atoms with Crippen molar-refractivity contribution >= 4 is 0 Å². The van der Waals surface area contributed by atoms with E-state index in [0.717, 1.165) is 13.1 Å². The zero-order valence-corrected chi connectivity index (χ0v) is 22.1. The van der Waals surface area contributed by atoms with Crippen LogP contribution in [-0.4, -0.2) is 19.1 Å². The Morgan fingerprint density at radius 3 is 2.15 bits per heavy atom. The van der Waals surface area contributed by atoms with Gasteiger partial charge in [0.05, 0.1) is 0 Å². The quantitative estimate of drug-likeness (QED) is 0.515. The van der Waals surface area contributed by atoms with Gasteiger partial charge in [-0.25, -0.2) is 0 Å². The van der Waals surface area contributed by atoms with Crippen LogP contribution >= 0.6 is 0 Å². The van der Waals surface area contributed by atoms with E-state index in [-0.39, 0.29) is 10.8 Å². The van der Waals surface area contributed by atoms with Crippen molar-refractivity contribution in [3.8, 4) is 0 Å². The van der Waals surface area contributed by atoms with Crippen molar-refractivity contribution in [3.05, 3.63) is 70.3 Å². The Hall–Kier alpha value is -1.64. The highest BCUT2D eigenvalue weighted by molar-refractivity contribution is 5.42. The van der Waals surface area contributed by atoms with Crippen LogP contribution in [0.25, 0.3) is 0 Å². The molecule has 2 aliphatic heterocycles. The molecule has 0 amide bonds. The predicted octanol–water partition coefficient (Wildman–Crippen LogP) is 7.35. The van der Waals surface area contributed by atoms with Gasteiger partial charge in [0.25, 0.3) is 0 Å². The lowest BCUT2D eigenvalue weighted by molar-refractivity contribution is 0.359. The summed E-state index contributed by atoms with van der Waals surface area (Å²) in [6.45, 7) is 18.8. The summed E-state index contributed by atoms with van der Waals surface area (Å²) in [6, 6.07) is 17.6. The molecule has 4 rings (SSSR count). The molecule has 4 atom stereocenters. The highest BCUT2D eigenvalue weighted by Crippen LogP contribution is 2.42. The Bertz CT molecular complexity index is 946. The molecule has 180 valence electrons. The van der Waals surface area contributed by atoms with E-state index in [0.29, 0.717) is 23.9 Å². The Morgan fingerprint density at radius 1 is 0.758 bits per heavy atom. The molecule has 2 fully saturated rings. The van der Waals surface area contributed by atoms with Crippen molar-refractivity contribution in [2.45, 2.75) is 109 Å². The fraction of sp³-hybridized carbons (Fsp3) is 0.613. The number of nitrogens with one attached hydrogen (secondary N) is 2. The van der Waals surface area contributed by atoms with Gasteiger partial charge in [-0.05, 0) is 96.2 Å². The molecule has 33 heavy (non-hydrogen) atoms. The van der Waals surface area contributed by atoms with Crippen molar-refractivity contribution < 1.29 is 0 Å². The van der Waals surface area contributed by atoms with Gasteiger partial charge in [0, 0.05) is 12.1 Å². The van der Waals surface area contributed by atoms with Crippen LogP contribution in [-0.2, 0) is 10.8 Å². The Balaban J connectivity index is 1.66. The van der Waals surface area contributed by atoms with E-state index in [4.69, 9.17) is 0 Å². The second-order valence-corrected chi connectivity index (χ2v) is 12.7. The summed E-state index contributed by atoms with van der Waals surface area (Å²) in [6.07, 6.45) is 4.98. The smallest absolute Gasteiger partial charge is 0.0329 e. The molecule has 2 aromatic rings. The largest absolute Gasteiger partial charge is 0.314 e. The van der Waals surface area contributed by atoms with Crippen LogP contribution in [0.1, 0.15) is 120 Å². The lowest BCUT2D eigenvalue weighted by Crippen LogP contribution is -2.38. The average molecular weight is 447 g/mol. The fourth-order valence-electron chi connectivity index (χ4n) is 6.23. The lowest BCUT2D eigenvalue weighted by Gasteiger charge is -2.37. The van der Waals surface area contributed by atoms with Crippen molar-refractivity contribution in [3.63, 3.8) is 0 Å². The average Bonchev–Trinajstić information content (AvgIpc) is 2.78.